The van der Waals surface area contributed by atoms with E-state index in [4.69, 9.17) is 5.11 Å². The number of carboxylic acid groups (broad SMARTS) is 1. The number of nitrogens with zero attached hydrogens (tertiary/aromatic N) is 3. The molecule has 0 spiro atoms. The van der Waals surface area contributed by atoms with Gasteiger partial charge < -0.3 is 9.67 Å². The van der Waals surface area contributed by atoms with E-state index in [0.29, 0.717) is 0 Å². The summed E-state index contributed by atoms with van der Waals surface area (Å²) >= 11 is 0. The Kier molecular flexibility index (Phi) is 2.23. The molecule has 0 aliphatic carbocycles. The summed E-state index contributed by atoms with van der Waals surface area (Å²) in [5.74, 6) is 1.36. The number of aromatic nitrogens is 3. The summed E-state index contributed by atoms with van der Waals surface area (Å²) in [5, 5.41) is 16.7. The van der Waals surface area contributed by atoms with Gasteiger partial charge in [-0.1, -0.05) is 0 Å². The Morgan fingerprint density at radius 1 is 1.64 bits per heavy atom. The van der Waals surface area contributed by atoms with E-state index in [1.807, 2.05) is 6.92 Å². The average Bonchev–Trinajstić information content (AvgIpc) is 2.46. The van der Waals surface area contributed by atoms with Gasteiger partial charge in [-0.05, 0) is 19.3 Å². The van der Waals surface area contributed by atoms with Gasteiger partial charge in [-0.2, -0.15) is 0 Å². The zero-order chi connectivity index (χ0) is 10.1. The van der Waals surface area contributed by atoms with Crippen molar-refractivity contribution in [1.82, 2.24) is 14.8 Å². The molecular weight excluding hydrogens is 182 g/mol. The number of fused-ring (bicyclic) bond motifs is 1. The molecule has 5 nitrogen and oxygen atoms in total. The molecule has 1 aromatic rings. The first kappa shape index (κ1) is 9.18. The van der Waals surface area contributed by atoms with Crippen molar-refractivity contribution >= 4 is 5.97 Å². The van der Waals surface area contributed by atoms with Crippen molar-refractivity contribution < 1.29 is 9.90 Å². The maximum Gasteiger partial charge on any atom is 0.303 e. The summed E-state index contributed by atoms with van der Waals surface area (Å²) in [7, 11) is 0. The fraction of sp³-hybridized carbons (Fsp3) is 0.667. The topological polar surface area (TPSA) is 68.0 Å². The van der Waals surface area contributed by atoms with Crippen LogP contribution in [0.4, 0.5) is 0 Å². The van der Waals surface area contributed by atoms with Crippen LogP contribution in [0.1, 0.15) is 24.5 Å². The van der Waals surface area contributed by atoms with Gasteiger partial charge in [-0.3, -0.25) is 4.79 Å². The Morgan fingerprint density at radius 2 is 2.43 bits per heavy atom. The molecular formula is C9H13N3O2. The number of aliphatic carboxylic acids is 1. The summed E-state index contributed by atoms with van der Waals surface area (Å²) in [5.41, 5.74) is 0. The lowest BCUT2D eigenvalue weighted by Crippen LogP contribution is -2.22. The first-order chi connectivity index (χ1) is 6.66. The third kappa shape index (κ3) is 1.62. The van der Waals surface area contributed by atoms with Crippen molar-refractivity contribution in [3.63, 3.8) is 0 Å². The first-order valence-corrected chi connectivity index (χ1v) is 4.77. The van der Waals surface area contributed by atoms with Crippen molar-refractivity contribution in [2.24, 2.45) is 5.92 Å². The molecule has 2 heterocycles. The van der Waals surface area contributed by atoms with Crippen LogP contribution in [0.25, 0.3) is 0 Å². The Morgan fingerprint density at radius 3 is 3.14 bits per heavy atom. The molecule has 1 N–H and O–H groups in total. The normalized spacial score (nSPS) is 20.5. The standard InChI is InChI=1S/C9H13N3O2/c1-6-10-11-8-4-7(5-9(13)14)2-3-12(6)8/h7H,2-5H2,1H3,(H,13,14). The summed E-state index contributed by atoms with van der Waals surface area (Å²) in [6.07, 6.45) is 1.90. The molecule has 0 aromatic carbocycles. The van der Waals surface area contributed by atoms with E-state index in [0.717, 1.165) is 31.0 Å². The highest BCUT2D eigenvalue weighted by atomic mass is 16.4. The molecule has 2 rings (SSSR count). The monoisotopic (exact) mass is 195 g/mol. The smallest absolute Gasteiger partial charge is 0.303 e. The highest BCUT2D eigenvalue weighted by Crippen LogP contribution is 2.22. The predicted molar refractivity (Wildman–Crippen MR) is 48.8 cm³/mol. The lowest BCUT2D eigenvalue weighted by molar-refractivity contribution is -0.138. The molecule has 1 aliphatic rings. The van der Waals surface area contributed by atoms with Crippen LogP contribution in [-0.4, -0.2) is 25.8 Å². The number of carbonyl (C=O) groups is 1. The molecule has 0 amide bonds. The largest absolute Gasteiger partial charge is 0.481 e. The van der Waals surface area contributed by atoms with Crippen LogP contribution >= 0.6 is 0 Å². The highest BCUT2D eigenvalue weighted by Gasteiger charge is 2.23. The van der Waals surface area contributed by atoms with Crippen LogP contribution in [0.3, 0.4) is 0 Å². The molecule has 0 saturated carbocycles. The fourth-order valence-electron chi connectivity index (χ4n) is 1.96. The molecule has 0 bridgehead atoms. The molecule has 14 heavy (non-hydrogen) atoms. The lowest BCUT2D eigenvalue weighted by Gasteiger charge is -2.21. The van der Waals surface area contributed by atoms with Crippen molar-refractivity contribution in [2.45, 2.75) is 32.7 Å². The van der Waals surface area contributed by atoms with Crippen LogP contribution in [0.5, 0.6) is 0 Å². The van der Waals surface area contributed by atoms with Crippen molar-refractivity contribution in [1.29, 1.82) is 0 Å². The third-order valence-electron chi connectivity index (χ3n) is 2.71. The molecule has 0 fully saturated rings. The Balaban J connectivity index is 2.10. The second-order valence-electron chi connectivity index (χ2n) is 3.77. The number of rotatable bonds is 2. The van der Waals surface area contributed by atoms with Crippen LogP contribution in [-0.2, 0) is 17.8 Å². The molecule has 1 unspecified atom stereocenters. The minimum atomic E-state index is -0.723. The maximum atomic E-state index is 10.5. The van der Waals surface area contributed by atoms with Gasteiger partial charge >= 0.3 is 5.97 Å². The Hall–Kier alpha value is -1.39. The van der Waals surface area contributed by atoms with Gasteiger partial charge in [0.25, 0.3) is 0 Å². The minimum Gasteiger partial charge on any atom is -0.481 e. The number of hydrogen-bond donors (Lipinski definition) is 1. The quantitative estimate of drug-likeness (QED) is 0.751. The van der Waals surface area contributed by atoms with Gasteiger partial charge in [0.15, 0.2) is 0 Å². The summed E-state index contributed by atoms with van der Waals surface area (Å²) in [4.78, 5) is 10.5. The fourth-order valence-corrected chi connectivity index (χ4v) is 1.96. The van der Waals surface area contributed by atoms with Gasteiger partial charge in [-0.25, -0.2) is 0 Å². The van der Waals surface area contributed by atoms with Gasteiger partial charge in [0.05, 0.1) is 0 Å². The van der Waals surface area contributed by atoms with Crippen molar-refractivity contribution in [3.05, 3.63) is 11.6 Å². The SMILES string of the molecule is Cc1nnc2n1CCC(CC(=O)O)C2. The number of hydrogen-bond acceptors (Lipinski definition) is 3. The first-order valence-electron chi connectivity index (χ1n) is 4.77. The van der Waals surface area contributed by atoms with E-state index in [1.54, 1.807) is 0 Å². The van der Waals surface area contributed by atoms with E-state index in [9.17, 15) is 4.79 Å². The molecule has 1 aliphatic heterocycles. The lowest BCUT2D eigenvalue weighted by atomic mass is 9.94. The molecule has 1 atom stereocenters. The zero-order valence-corrected chi connectivity index (χ0v) is 8.10. The average molecular weight is 195 g/mol. The molecule has 0 radical (unpaired) electrons. The van der Waals surface area contributed by atoms with Gasteiger partial charge in [-0.15, -0.1) is 10.2 Å². The Labute approximate surface area is 81.8 Å². The van der Waals surface area contributed by atoms with Gasteiger partial charge in [0, 0.05) is 19.4 Å². The van der Waals surface area contributed by atoms with Gasteiger partial charge in [0.2, 0.25) is 0 Å². The van der Waals surface area contributed by atoms with Crippen LogP contribution in [0, 0.1) is 12.8 Å². The molecule has 76 valence electrons. The third-order valence-corrected chi connectivity index (χ3v) is 2.71. The zero-order valence-electron chi connectivity index (χ0n) is 8.10. The number of aryl methyl sites for hydroxylation is 1. The van der Waals surface area contributed by atoms with E-state index < -0.39 is 5.97 Å². The summed E-state index contributed by atoms with van der Waals surface area (Å²) in [6.45, 7) is 2.78. The van der Waals surface area contributed by atoms with Crippen LogP contribution < -0.4 is 0 Å². The van der Waals surface area contributed by atoms with E-state index in [2.05, 4.69) is 14.8 Å². The highest BCUT2D eigenvalue weighted by molar-refractivity contribution is 5.67. The number of carboxylic acids is 1. The van der Waals surface area contributed by atoms with Crippen molar-refractivity contribution in [2.75, 3.05) is 0 Å². The summed E-state index contributed by atoms with van der Waals surface area (Å²) in [6, 6.07) is 0. The van der Waals surface area contributed by atoms with Crippen molar-refractivity contribution in [3.8, 4) is 0 Å². The minimum absolute atomic E-state index is 0.226. The second kappa shape index (κ2) is 3.40. The Bertz CT molecular complexity index is 359. The maximum absolute atomic E-state index is 10.5. The van der Waals surface area contributed by atoms with Crippen LogP contribution in [0.15, 0.2) is 0 Å². The molecule has 1 aromatic heterocycles. The van der Waals surface area contributed by atoms with Gasteiger partial charge in [0.1, 0.15) is 11.6 Å². The van der Waals surface area contributed by atoms with E-state index >= 15 is 0 Å². The molecule has 0 saturated heterocycles. The molecule has 5 heteroatoms. The second-order valence-corrected chi connectivity index (χ2v) is 3.77. The predicted octanol–water partition coefficient (Wildman–Crippen LogP) is 0.624. The van der Waals surface area contributed by atoms with E-state index in [-0.39, 0.29) is 12.3 Å². The summed E-state index contributed by atoms with van der Waals surface area (Å²) < 4.78 is 2.07. The van der Waals surface area contributed by atoms with E-state index in [1.165, 1.54) is 0 Å². The van der Waals surface area contributed by atoms with Crippen LogP contribution in [0.2, 0.25) is 0 Å².